The zero-order chi connectivity index (χ0) is 34.0. The molecule has 4 aliphatic rings. The van der Waals surface area contributed by atoms with Gasteiger partial charge in [0.05, 0.1) is 54.1 Å². The quantitative estimate of drug-likeness (QED) is 0.260. The van der Waals surface area contributed by atoms with Crippen molar-refractivity contribution in [3.63, 3.8) is 0 Å². The van der Waals surface area contributed by atoms with Crippen LogP contribution in [-0.2, 0) is 9.47 Å². The van der Waals surface area contributed by atoms with Gasteiger partial charge in [-0.2, -0.15) is 0 Å². The van der Waals surface area contributed by atoms with E-state index in [9.17, 15) is 28.8 Å². The molecule has 0 N–H and O–H groups in total. The number of fused-ring (bicyclic) bond motifs is 2. The molecular formula is C36H25FN4O8. The van der Waals surface area contributed by atoms with Gasteiger partial charge >= 0.3 is 12.2 Å². The number of ether oxygens (including phenoxy) is 2. The fraction of sp³-hybridized carbons (Fsp3) is 0.167. The number of nitrogens with zero attached hydrogens (tertiary/aromatic N) is 4. The van der Waals surface area contributed by atoms with E-state index in [4.69, 9.17) is 9.47 Å². The van der Waals surface area contributed by atoms with Crippen molar-refractivity contribution in [3.05, 3.63) is 119 Å². The number of hydrogen-bond donors (Lipinski definition) is 0. The Hall–Kier alpha value is -6.37. The zero-order valence-electron chi connectivity index (χ0n) is 25.6. The van der Waals surface area contributed by atoms with E-state index in [-0.39, 0.29) is 37.4 Å². The first kappa shape index (κ1) is 30.0. The summed E-state index contributed by atoms with van der Waals surface area (Å²) in [4.78, 5) is 81.5. The molecule has 2 saturated heterocycles. The number of carbonyl (C=O) groups is 6. The molecule has 4 heterocycles. The Kier molecular flexibility index (Phi) is 6.98. The lowest BCUT2D eigenvalue weighted by molar-refractivity contribution is 0.0550. The van der Waals surface area contributed by atoms with Gasteiger partial charge in [0.2, 0.25) is 0 Å². The standard InChI is InChI=1S/C36H25FN4O8/c37-30-15-22(39-17-24(49-36(39)47)19-41-33(44)28-10-3-4-11-29(28)34(41)45)12-13-25(30)20-6-5-7-21(14-20)38-16-23(48-35(38)46)18-40-31(42)26-8-1-2-9-27(26)32(40)43/h1-15,23-24H,16-19H2/t23-,24-/m0/s1. The molecule has 0 spiro atoms. The van der Waals surface area contributed by atoms with Gasteiger partial charge in [0.1, 0.15) is 18.0 Å². The first-order chi connectivity index (χ1) is 23.7. The highest BCUT2D eigenvalue weighted by Crippen LogP contribution is 2.33. The van der Waals surface area contributed by atoms with Crippen LogP contribution in [0.4, 0.5) is 25.4 Å². The van der Waals surface area contributed by atoms with Crippen LogP contribution in [0.5, 0.6) is 0 Å². The van der Waals surface area contributed by atoms with Crippen molar-refractivity contribution in [3.8, 4) is 11.1 Å². The van der Waals surface area contributed by atoms with Crippen LogP contribution in [-0.4, -0.2) is 84.0 Å². The molecular weight excluding hydrogens is 635 g/mol. The highest BCUT2D eigenvalue weighted by molar-refractivity contribution is 6.22. The van der Waals surface area contributed by atoms with E-state index >= 15 is 4.39 Å². The highest BCUT2D eigenvalue weighted by Gasteiger charge is 2.42. The van der Waals surface area contributed by atoms with Crippen LogP contribution in [0.15, 0.2) is 91.0 Å². The molecule has 244 valence electrons. The van der Waals surface area contributed by atoms with Crippen molar-refractivity contribution in [1.82, 2.24) is 9.80 Å². The second-order valence-electron chi connectivity index (χ2n) is 12.0. The van der Waals surface area contributed by atoms with Crippen LogP contribution >= 0.6 is 0 Å². The van der Waals surface area contributed by atoms with Crippen LogP contribution in [0, 0.1) is 5.82 Å². The first-order valence-electron chi connectivity index (χ1n) is 15.4. The predicted molar refractivity (Wildman–Crippen MR) is 171 cm³/mol. The van der Waals surface area contributed by atoms with Gasteiger partial charge in [-0.3, -0.25) is 38.8 Å². The van der Waals surface area contributed by atoms with E-state index in [2.05, 4.69) is 0 Å². The summed E-state index contributed by atoms with van der Waals surface area (Å²) < 4.78 is 26.5. The first-order valence-corrected chi connectivity index (χ1v) is 15.4. The number of carbonyl (C=O) groups excluding carboxylic acids is 6. The van der Waals surface area contributed by atoms with Crippen molar-refractivity contribution in [2.24, 2.45) is 0 Å². The number of halogens is 1. The molecule has 4 aromatic carbocycles. The number of hydrogen-bond acceptors (Lipinski definition) is 8. The van der Waals surface area contributed by atoms with Crippen molar-refractivity contribution in [2.45, 2.75) is 12.2 Å². The number of rotatable bonds is 7. The van der Waals surface area contributed by atoms with E-state index in [0.717, 1.165) is 9.80 Å². The molecule has 0 radical (unpaired) electrons. The topological polar surface area (TPSA) is 134 Å². The fourth-order valence-electron chi connectivity index (χ4n) is 6.62. The Morgan fingerprint density at radius 3 is 1.43 bits per heavy atom. The second-order valence-corrected chi connectivity index (χ2v) is 12.0. The van der Waals surface area contributed by atoms with Crippen LogP contribution in [0.2, 0.25) is 0 Å². The fourth-order valence-corrected chi connectivity index (χ4v) is 6.62. The van der Waals surface area contributed by atoms with Gasteiger partial charge in [0.15, 0.2) is 0 Å². The third kappa shape index (κ3) is 4.98. The minimum absolute atomic E-state index is 0.000536. The molecule has 13 heteroatoms. The van der Waals surface area contributed by atoms with Gasteiger partial charge in [-0.05, 0) is 60.2 Å². The molecule has 0 aromatic heterocycles. The largest absolute Gasteiger partial charge is 0.442 e. The Morgan fingerprint density at radius 2 is 0.980 bits per heavy atom. The Balaban J connectivity index is 0.942. The SMILES string of the molecule is O=C1c2ccccc2C(=O)N1C[C@@H]1CN(c2cccc(-c3ccc(N4C[C@@H](CN5C(=O)c6ccccc6C5=O)OC4=O)cc3F)c2)C(=O)O1. The number of imide groups is 2. The summed E-state index contributed by atoms with van der Waals surface area (Å²) in [6.45, 7) is -0.183. The van der Waals surface area contributed by atoms with Gasteiger partial charge in [0.25, 0.3) is 23.6 Å². The summed E-state index contributed by atoms with van der Waals surface area (Å²) in [7, 11) is 0. The van der Waals surface area contributed by atoms with E-state index < -0.39 is 53.8 Å². The minimum Gasteiger partial charge on any atom is -0.442 e. The van der Waals surface area contributed by atoms with Gasteiger partial charge in [0, 0.05) is 11.3 Å². The number of amides is 6. The molecule has 12 nitrogen and oxygen atoms in total. The summed E-state index contributed by atoms with van der Waals surface area (Å²) in [6.07, 6.45) is -2.98. The number of benzene rings is 4. The van der Waals surface area contributed by atoms with Crippen LogP contribution in [0.25, 0.3) is 11.1 Å². The Morgan fingerprint density at radius 1 is 0.531 bits per heavy atom. The third-order valence-corrected chi connectivity index (χ3v) is 9.01. The monoisotopic (exact) mass is 660 g/mol. The van der Waals surface area contributed by atoms with Crippen LogP contribution in [0.1, 0.15) is 41.4 Å². The van der Waals surface area contributed by atoms with Crippen molar-refractivity contribution < 1.29 is 42.6 Å². The zero-order valence-corrected chi connectivity index (χ0v) is 25.6. The lowest BCUT2D eigenvalue weighted by atomic mass is 10.0. The molecule has 0 aliphatic carbocycles. The molecule has 8 rings (SSSR count). The molecule has 0 unspecified atom stereocenters. The minimum atomic E-state index is -0.810. The van der Waals surface area contributed by atoms with E-state index in [1.54, 1.807) is 78.9 Å². The summed E-state index contributed by atoms with van der Waals surface area (Å²) in [5.41, 5.74) is 2.49. The molecule has 6 amide bonds. The summed E-state index contributed by atoms with van der Waals surface area (Å²) in [6, 6.07) is 23.8. The van der Waals surface area contributed by atoms with Crippen molar-refractivity contribution >= 4 is 47.2 Å². The molecule has 2 atom stereocenters. The van der Waals surface area contributed by atoms with Gasteiger partial charge in [-0.1, -0.05) is 36.4 Å². The normalized spacial score (nSPS) is 19.9. The summed E-state index contributed by atoms with van der Waals surface area (Å²) in [5, 5.41) is 0. The third-order valence-electron chi connectivity index (χ3n) is 9.01. The van der Waals surface area contributed by atoms with Crippen LogP contribution in [0.3, 0.4) is 0 Å². The lowest BCUT2D eigenvalue weighted by Crippen LogP contribution is -2.38. The summed E-state index contributed by atoms with van der Waals surface area (Å²) in [5.74, 6) is -2.46. The van der Waals surface area contributed by atoms with E-state index in [0.29, 0.717) is 33.5 Å². The highest BCUT2D eigenvalue weighted by atomic mass is 19.1. The van der Waals surface area contributed by atoms with Crippen LogP contribution < -0.4 is 9.80 Å². The predicted octanol–water partition coefficient (Wildman–Crippen LogP) is 4.74. The van der Waals surface area contributed by atoms with Gasteiger partial charge in [-0.25, -0.2) is 14.0 Å². The molecule has 4 aliphatic heterocycles. The maximum Gasteiger partial charge on any atom is 0.414 e. The smallest absolute Gasteiger partial charge is 0.414 e. The molecule has 0 bridgehead atoms. The van der Waals surface area contributed by atoms with Gasteiger partial charge < -0.3 is 9.47 Å². The van der Waals surface area contributed by atoms with Crippen molar-refractivity contribution in [1.29, 1.82) is 0 Å². The second kappa shape index (κ2) is 11.4. The summed E-state index contributed by atoms with van der Waals surface area (Å²) >= 11 is 0. The Bertz CT molecular complexity index is 2070. The maximum atomic E-state index is 15.6. The van der Waals surface area contributed by atoms with Crippen molar-refractivity contribution in [2.75, 3.05) is 36.0 Å². The molecule has 4 aromatic rings. The Labute approximate surface area is 277 Å². The molecule has 49 heavy (non-hydrogen) atoms. The molecule has 0 saturated carbocycles. The lowest BCUT2D eigenvalue weighted by Gasteiger charge is -2.18. The maximum absolute atomic E-state index is 15.6. The number of anilines is 2. The number of cyclic esters (lactones) is 2. The molecule has 2 fully saturated rings. The average molecular weight is 661 g/mol. The average Bonchev–Trinajstić information content (AvgIpc) is 3.81. The van der Waals surface area contributed by atoms with Gasteiger partial charge in [-0.15, -0.1) is 0 Å². The van der Waals surface area contributed by atoms with E-state index in [1.807, 2.05) is 0 Å². The van der Waals surface area contributed by atoms with E-state index in [1.165, 1.54) is 21.9 Å².